The minimum atomic E-state index is -0.576. The van der Waals surface area contributed by atoms with Crippen LogP contribution in [0.4, 0.5) is 5.82 Å². The van der Waals surface area contributed by atoms with Crippen LogP contribution in [0.2, 0.25) is 0 Å². The monoisotopic (exact) mass is 701 g/mol. The second-order valence-corrected chi connectivity index (χ2v) is 14.5. The maximum Gasteiger partial charge on any atom is 0.302 e. The van der Waals surface area contributed by atoms with Crippen LogP contribution in [0.15, 0.2) is 48.5 Å². The second-order valence-electron chi connectivity index (χ2n) is 14.5. The maximum atomic E-state index is 12.3. The summed E-state index contributed by atoms with van der Waals surface area (Å²) < 4.78 is 24.9. The average molecular weight is 702 g/mol. The third-order valence-electron chi connectivity index (χ3n) is 11.2. The molecule has 5 N–H and O–H groups in total. The number of likely N-dealkylation sites (N-methyl/N-ethyl adjacent to an activating group) is 1. The molecule has 52 heavy (non-hydrogen) atoms. The molecule has 4 aromatic rings. The Balaban J connectivity index is 1.38. The average Bonchev–Trinajstić information content (AvgIpc) is 3.69. The van der Waals surface area contributed by atoms with E-state index in [-0.39, 0.29) is 35.4 Å². The number of nitrogens with zero attached hydrogens (tertiary/aromatic N) is 1. The van der Waals surface area contributed by atoms with Crippen LogP contribution < -0.4 is 25.3 Å². The molecular formula is C42H43N3O7. The highest BCUT2D eigenvalue weighted by molar-refractivity contribution is 5.84. The van der Waals surface area contributed by atoms with Crippen molar-refractivity contribution in [3.63, 3.8) is 0 Å². The number of nitrogen functional groups attached to an aromatic ring is 1. The number of pyridine rings is 1. The van der Waals surface area contributed by atoms with E-state index >= 15 is 0 Å². The Morgan fingerprint density at radius 2 is 1.96 bits per heavy atom. The molecule has 4 atom stereocenters. The molecule has 1 spiro atoms. The van der Waals surface area contributed by atoms with Gasteiger partial charge in [-0.25, -0.2) is 4.98 Å². The Kier molecular flexibility index (Phi) is 8.62. The molecule has 1 saturated carbocycles. The van der Waals surface area contributed by atoms with Crippen LogP contribution in [-0.2, 0) is 34.2 Å². The molecule has 0 saturated heterocycles. The third kappa shape index (κ3) is 5.83. The molecule has 268 valence electrons. The molecule has 10 heteroatoms. The molecule has 3 aromatic carbocycles. The number of phenols is 2. The first kappa shape index (κ1) is 33.7. The first-order chi connectivity index (χ1) is 25.2. The first-order valence-electron chi connectivity index (χ1n) is 17.9. The normalized spacial score (nSPS) is 21.9. The maximum absolute atomic E-state index is 12.3. The van der Waals surface area contributed by atoms with E-state index < -0.39 is 6.10 Å². The van der Waals surface area contributed by atoms with Crippen molar-refractivity contribution >= 4 is 11.8 Å². The number of esters is 1. The third-order valence-corrected chi connectivity index (χ3v) is 11.2. The van der Waals surface area contributed by atoms with E-state index in [1.807, 2.05) is 31.3 Å². The van der Waals surface area contributed by atoms with Crippen molar-refractivity contribution in [2.75, 3.05) is 39.6 Å². The van der Waals surface area contributed by atoms with Gasteiger partial charge in [0, 0.05) is 53.6 Å². The van der Waals surface area contributed by atoms with E-state index in [0.717, 1.165) is 75.9 Å². The number of anilines is 1. The summed E-state index contributed by atoms with van der Waals surface area (Å²) in [7, 11) is 3.47. The van der Waals surface area contributed by atoms with Gasteiger partial charge in [-0.15, -0.1) is 0 Å². The van der Waals surface area contributed by atoms with Crippen LogP contribution in [0.1, 0.15) is 77.3 Å². The summed E-state index contributed by atoms with van der Waals surface area (Å²) >= 11 is 0. The predicted molar refractivity (Wildman–Crippen MR) is 196 cm³/mol. The van der Waals surface area contributed by atoms with E-state index in [2.05, 4.69) is 34.3 Å². The minimum Gasteiger partial charge on any atom is -0.508 e. The number of carbonyl (C=O) groups is 1. The molecule has 1 fully saturated rings. The zero-order chi connectivity index (χ0) is 36.1. The smallest absolute Gasteiger partial charge is 0.302 e. The van der Waals surface area contributed by atoms with Crippen LogP contribution >= 0.6 is 0 Å². The Bertz CT molecular complexity index is 2150. The van der Waals surface area contributed by atoms with Gasteiger partial charge in [0.15, 0.2) is 11.5 Å². The standard InChI is InChI=1S/C42H43N3O7/c1-23(46)51-22-32-29-8-9-30-38-27(16-28(47)18-36(38)49-3)21-42-12-11-24(20-42)15-26-7-10-37(43)45-33(26)6-4-5-25-17-34(48)35(50-14-13-44-2)19-31(25)40(32)52-41(29)39(30)42/h7-10,16-19,24,32,40,44,47-48H,5,11-15,20-22H2,1-3H3,(H2,43,45)/t24-,32+,40-,42-/m1/s1. The molecule has 8 rings (SSSR count). The number of hydrogen-bond donors (Lipinski definition) is 4. The number of carbonyl (C=O) groups excluding carboxylic acids is 1. The summed E-state index contributed by atoms with van der Waals surface area (Å²) in [6.45, 7) is 2.46. The van der Waals surface area contributed by atoms with E-state index in [4.69, 9.17) is 24.7 Å². The Morgan fingerprint density at radius 1 is 1.10 bits per heavy atom. The van der Waals surface area contributed by atoms with Crippen molar-refractivity contribution in [1.29, 1.82) is 0 Å². The van der Waals surface area contributed by atoms with Crippen molar-refractivity contribution in [3.8, 4) is 51.7 Å². The lowest BCUT2D eigenvalue weighted by atomic mass is 9.65. The van der Waals surface area contributed by atoms with Crippen molar-refractivity contribution in [2.45, 2.75) is 62.9 Å². The number of methoxy groups -OCH3 is 1. The number of fused-ring (bicyclic) bond motifs is 7. The fourth-order valence-corrected chi connectivity index (χ4v) is 9.04. The van der Waals surface area contributed by atoms with Crippen LogP contribution in [0.3, 0.4) is 0 Å². The molecule has 3 heterocycles. The fourth-order valence-electron chi connectivity index (χ4n) is 9.04. The highest BCUT2D eigenvalue weighted by Crippen LogP contribution is 2.62. The zero-order valence-electron chi connectivity index (χ0n) is 29.7. The molecule has 10 nitrogen and oxygen atoms in total. The van der Waals surface area contributed by atoms with E-state index in [0.29, 0.717) is 54.9 Å². The minimum absolute atomic E-state index is 0.00461. The van der Waals surface area contributed by atoms with E-state index in [1.165, 1.54) is 6.92 Å². The largest absolute Gasteiger partial charge is 0.508 e. The second kappa shape index (κ2) is 13.3. The molecule has 4 bridgehead atoms. The molecule has 0 radical (unpaired) electrons. The van der Waals surface area contributed by atoms with Gasteiger partial charge in [-0.1, -0.05) is 24.1 Å². The van der Waals surface area contributed by atoms with Gasteiger partial charge in [0.1, 0.15) is 48.1 Å². The summed E-state index contributed by atoms with van der Waals surface area (Å²) in [4.78, 5) is 17.0. The number of nitrogens with two attached hydrogens (primary N) is 1. The van der Waals surface area contributed by atoms with Gasteiger partial charge in [0.05, 0.1) is 13.0 Å². The molecular weight excluding hydrogens is 658 g/mol. The number of rotatable bonds is 7. The lowest BCUT2D eigenvalue weighted by molar-refractivity contribution is -0.141. The van der Waals surface area contributed by atoms with Gasteiger partial charge in [-0.2, -0.15) is 0 Å². The summed E-state index contributed by atoms with van der Waals surface area (Å²) in [6, 6.07) is 15.2. The number of benzene rings is 3. The van der Waals surface area contributed by atoms with Crippen LogP contribution in [0.5, 0.6) is 28.7 Å². The van der Waals surface area contributed by atoms with Gasteiger partial charge >= 0.3 is 5.97 Å². The molecule has 0 amide bonds. The summed E-state index contributed by atoms with van der Waals surface area (Å²) in [5, 5.41) is 25.0. The summed E-state index contributed by atoms with van der Waals surface area (Å²) in [5.74, 6) is 8.58. The quantitative estimate of drug-likeness (QED) is 0.105. The zero-order valence-corrected chi connectivity index (χ0v) is 29.7. The van der Waals surface area contributed by atoms with E-state index in [9.17, 15) is 15.0 Å². The van der Waals surface area contributed by atoms with E-state index in [1.54, 1.807) is 19.2 Å². The SMILES string of the molecule is CNCCOc1cc2c(cc1O)CC#Cc1nc(N)ccc1C[C@H]1CC[C@]3(Cc4cc(O)cc(OC)c4-c4ccc5c(c43)O[C@H]2[C@H]5COC(C)=O)C1. The number of aromatic nitrogens is 1. The van der Waals surface area contributed by atoms with Crippen LogP contribution in [0.25, 0.3) is 11.1 Å². The Hall–Kier alpha value is -5.40. The molecule has 2 aliphatic heterocycles. The summed E-state index contributed by atoms with van der Waals surface area (Å²) in [5.41, 5.74) is 14.3. The van der Waals surface area contributed by atoms with Crippen molar-refractivity contribution < 1.29 is 34.0 Å². The predicted octanol–water partition coefficient (Wildman–Crippen LogP) is 5.87. The van der Waals surface area contributed by atoms with Gasteiger partial charge < -0.3 is 40.2 Å². The Labute approximate surface area is 303 Å². The number of aromatic hydroxyl groups is 2. The fraction of sp³-hybridized carbons (Fsp3) is 0.381. The highest BCUT2D eigenvalue weighted by Gasteiger charge is 2.50. The van der Waals surface area contributed by atoms with Crippen molar-refractivity contribution in [1.82, 2.24) is 10.3 Å². The van der Waals surface area contributed by atoms with Gasteiger partial charge in [0.25, 0.3) is 0 Å². The lowest BCUT2D eigenvalue weighted by Gasteiger charge is -2.39. The van der Waals surface area contributed by atoms with Gasteiger partial charge in [-0.05, 0) is 97.5 Å². The van der Waals surface area contributed by atoms with Crippen LogP contribution in [-0.4, -0.2) is 55.1 Å². The molecule has 0 unspecified atom stereocenters. The summed E-state index contributed by atoms with van der Waals surface area (Å²) in [6.07, 6.45) is 4.01. The first-order valence-corrected chi connectivity index (χ1v) is 17.9. The number of nitrogens with one attached hydrogen (secondary N) is 1. The number of ether oxygens (including phenoxy) is 4. The van der Waals surface area contributed by atoms with Crippen molar-refractivity contribution in [2.24, 2.45) is 5.92 Å². The lowest BCUT2D eigenvalue weighted by Crippen LogP contribution is -2.31. The Morgan fingerprint density at radius 3 is 2.77 bits per heavy atom. The van der Waals surface area contributed by atoms with Gasteiger partial charge in [-0.3, -0.25) is 4.79 Å². The van der Waals surface area contributed by atoms with Crippen molar-refractivity contribution in [3.05, 3.63) is 87.6 Å². The molecule has 4 aliphatic rings. The highest BCUT2D eigenvalue weighted by atomic mass is 16.5. The topological polar surface area (TPSA) is 145 Å². The molecule has 2 aliphatic carbocycles. The van der Waals surface area contributed by atoms with Crippen LogP contribution in [0, 0.1) is 17.8 Å². The molecule has 1 aromatic heterocycles. The van der Waals surface area contributed by atoms with Gasteiger partial charge in [0.2, 0.25) is 0 Å². The number of phenolic OH excluding ortho intramolecular Hbond substituents is 2. The number of hydrogen-bond acceptors (Lipinski definition) is 10.